The van der Waals surface area contributed by atoms with Crippen molar-refractivity contribution >= 4 is 6.09 Å². The number of hydrogen-bond acceptors (Lipinski definition) is 5. The molecule has 4 fully saturated rings. The van der Waals surface area contributed by atoms with E-state index in [1.165, 1.54) is 18.4 Å². The molecule has 0 radical (unpaired) electrons. The van der Waals surface area contributed by atoms with Gasteiger partial charge in [0.25, 0.3) is 0 Å². The maximum Gasteiger partial charge on any atom is 0.407 e. The number of amides is 1. The quantitative estimate of drug-likeness (QED) is 0.480. The second-order valence-electron chi connectivity index (χ2n) is 11.0. The monoisotopic (exact) mass is 434 g/mol. The van der Waals surface area contributed by atoms with E-state index >= 15 is 0 Å². The van der Waals surface area contributed by atoms with E-state index in [1.54, 1.807) is 7.11 Å². The summed E-state index contributed by atoms with van der Waals surface area (Å²) in [6.45, 7) is 7.56. The van der Waals surface area contributed by atoms with Crippen LogP contribution in [0, 0.1) is 17.3 Å². The third kappa shape index (κ3) is 4.67. The fourth-order valence-corrected chi connectivity index (χ4v) is 6.61. The van der Waals surface area contributed by atoms with Crippen molar-refractivity contribution in [2.24, 2.45) is 23.0 Å². The highest BCUT2D eigenvalue weighted by molar-refractivity contribution is 5.68. The first kappa shape index (κ1) is 23.1. The molecule has 31 heavy (non-hydrogen) atoms. The Morgan fingerprint density at radius 3 is 2.42 bits per heavy atom. The molecule has 6 nitrogen and oxygen atoms in total. The zero-order valence-corrected chi connectivity index (χ0v) is 19.8. The lowest BCUT2D eigenvalue weighted by molar-refractivity contribution is -0.171. The molecule has 0 aromatic rings. The largest absolute Gasteiger partial charge is 0.443 e. The Kier molecular flexibility index (Phi) is 6.72. The van der Waals surface area contributed by atoms with Crippen LogP contribution >= 0.6 is 0 Å². The lowest BCUT2D eigenvalue weighted by Gasteiger charge is -2.58. The minimum absolute atomic E-state index is 0.0884. The second kappa shape index (κ2) is 9.03. The van der Waals surface area contributed by atoms with Gasteiger partial charge < -0.3 is 25.3 Å². The smallest absolute Gasteiger partial charge is 0.407 e. The first-order valence-electron chi connectivity index (χ1n) is 12.3. The fourth-order valence-electron chi connectivity index (χ4n) is 6.61. The predicted octanol–water partition coefficient (Wildman–Crippen LogP) is 4.32. The van der Waals surface area contributed by atoms with E-state index in [4.69, 9.17) is 19.9 Å². The summed E-state index contributed by atoms with van der Waals surface area (Å²) in [5.74, 6) is 0.888. The van der Waals surface area contributed by atoms with Crippen molar-refractivity contribution in [2.45, 2.75) is 108 Å². The molecule has 176 valence electrons. The molecule has 0 aromatic carbocycles. The van der Waals surface area contributed by atoms with E-state index in [1.807, 2.05) is 0 Å². The molecule has 0 bridgehead atoms. The number of hydrogen-bond donors (Lipinski definition) is 2. The number of carbonyl (C=O) groups is 1. The van der Waals surface area contributed by atoms with Crippen molar-refractivity contribution in [3.63, 3.8) is 0 Å². The lowest BCUT2D eigenvalue weighted by Crippen LogP contribution is -2.60. The molecule has 1 amide bonds. The van der Waals surface area contributed by atoms with Crippen molar-refractivity contribution in [2.75, 3.05) is 13.7 Å². The van der Waals surface area contributed by atoms with Gasteiger partial charge in [0.2, 0.25) is 0 Å². The van der Waals surface area contributed by atoms with Crippen molar-refractivity contribution in [1.29, 1.82) is 0 Å². The number of allylic oxidation sites excluding steroid dienone is 2. The van der Waals surface area contributed by atoms with Gasteiger partial charge in [-0.1, -0.05) is 18.6 Å². The highest BCUT2D eigenvalue weighted by Crippen LogP contribution is 2.63. The Labute approximate surface area is 187 Å². The van der Waals surface area contributed by atoms with Crippen molar-refractivity contribution in [3.05, 3.63) is 11.6 Å². The average Bonchev–Trinajstić information content (AvgIpc) is 3.49. The molecular weight excluding hydrogens is 392 g/mol. The third-order valence-electron chi connectivity index (χ3n) is 8.74. The summed E-state index contributed by atoms with van der Waals surface area (Å²) in [5, 5.41) is 3.08. The first-order valence-corrected chi connectivity index (χ1v) is 12.3. The van der Waals surface area contributed by atoms with E-state index in [2.05, 4.69) is 32.2 Å². The van der Waals surface area contributed by atoms with Crippen LogP contribution in [0.25, 0.3) is 0 Å². The van der Waals surface area contributed by atoms with Gasteiger partial charge in [0.05, 0.1) is 12.2 Å². The molecule has 6 atom stereocenters. The molecule has 3 N–H and O–H groups in total. The Morgan fingerprint density at radius 2 is 1.87 bits per heavy atom. The Morgan fingerprint density at radius 1 is 1.16 bits per heavy atom. The topological polar surface area (TPSA) is 86.1 Å². The number of nitrogens with one attached hydrogen (secondary N) is 1. The van der Waals surface area contributed by atoms with E-state index < -0.39 is 0 Å². The zero-order chi connectivity index (χ0) is 22.2. The summed E-state index contributed by atoms with van der Waals surface area (Å²) < 4.78 is 18.2. The Balaban J connectivity index is 1.43. The van der Waals surface area contributed by atoms with Crippen molar-refractivity contribution in [3.8, 4) is 0 Å². The van der Waals surface area contributed by atoms with Crippen LogP contribution < -0.4 is 11.1 Å². The summed E-state index contributed by atoms with van der Waals surface area (Å²) in [4.78, 5) is 12.7. The van der Waals surface area contributed by atoms with E-state index in [0.717, 1.165) is 51.6 Å². The highest BCUT2D eigenvalue weighted by Gasteiger charge is 2.67. The van der Waals surface area contributed by atoms with Crippen LogP contribution in [0.4, 0.5) is 4.79 Å². The van der Waals surface area contributed by atoms with E-state index in [9.17, 15) is 4.79 Å². The van der Waals surface area contributed by atoms with Crippen molar-refractivity contribution < 1.29 is 19.0 Å². The summed E-state index contributed by atoms with van der Waals surface area (Å²) in [5.41, 5.74) is 7.43. The first-order chi connectivity index (χ1) is 14.8. The van der Waals surface area contributed by atoms with E-state index in [0.29, 0.717) is 5.92 Å². The molecule has 1 heterocycles. The van der Waals surface area contributed by atoms with Gasteiger partial charge in [0.1, 0.15) is 12.2 Å². The average molecular weight is 435 g/mol. The maximum atomic E-state index is 12.7. The number of rotatable bonds is 6. The van der Waals surface area contributed by atoms with Gasteiger partial charge in [-0.2, -0.15) is 0 Å². The number of ether oxygens (including phenoxy) is 3. The molecular formula is C25H42N2O4. The van der Waals surface area contributed by atoms with Gasteiger partial charge in [0, 0.05) is 25.1 Å². The van der Waals surface area contributed by atoms with Crippen LogP contribution in [0.3, 0.4) is 0 Å². The zero-order valence-electron chi connectivity index (χ0n) is 19.8. The third-order valence-corrected chi connectivity index (χ3v) is 8.74. The van der Waals surface area contributed by atoms with Crippen LogP contribution in [0.1, 0.15) is 78.6 Å². The molecule has 0 aromatic heterocycles. The Hall–Kier alpha value is -1.11. The molecule has 6 heteroatoms. The maximum absolute atomic E-state index is 12.7. The molecule has 3 saturated carbocycles. The predicted molar refractivity (Wildman–Crippen MR) is 121 cm³/mol. The molecule has 1 aliphatic heterocycles. The van der Waals surface area contributed by atoms with Gasteiger partial charge in [-0.3, -0.25) is 0 Å². The minimum Gasteiger partial charge on any atom is -0.443 e. The van der Waals surface area contributed by atoms with Gasteiger partial charge in [-0.25, -0.2) is 4.79 Å². The minimum atomic E-state index is -0.307. The van der Waals surface area contributed by atoms with Crippen LogP contribution in [-0.2, 0) is 14.2 Å². The number of alkyl carbamates (subject to hydrolysis) is 1. The van der Waals surface area contributed by atoms with Crippen LogP contribution in [-0.4, -0.2) is 49.7 Å². The molecule has 1 spiro atoms. The lowest BCUT2D eigenvalue weighted by atomic mass is 9.48. The molecule has 3 unspecified atom stereocenters. The van der Waals surface area contributed by atoms with Crippen LogP contribution in [0.5, 0.6) is 0 Å². The van der Waals surface area contributed by atoms with Gasteiger partial charge in [0.15, 0.2) is 0 Å². The van der Waals surface area contributed by atoms with Gasteiger partial charge in [-0.15, -0.1) is 0 Å². The van der Waals surface area contributed by atoms with Gasteiger partial charge in [-0.05, 0) is 83.0 Å². The number of nitrogens with two attached hydrogens (primary N) is 1. The number of epoxide rings is 1. The molecule has 3 aliphatic carbocycles. The van der Waals surface area contributed by atoms with E-state index in [-0.39, 0.29) is 47.3 Å². The standard InChI is InChI=1S/C25H42N2O4/c1-16(2)5-6-17-11-13-24(17,3)22-21(29-4)20(12-14-25(22)15-30-25)31-23(28)27-19-9-7-18(26)8-10-19/h5,17-22H,6-15,26H2,1-4H3,(H,27,28)/t17-,18-,19-,20?,21?,22?,24-,25-/m0/s1. The summed E-state index contributed by atoms with van der Waals surface area (Å²) in [6.07, 6.45) is 10.8. The normalized spacial score (nSPS) is 44.3. The summed E-state index contributed by atoms with van der Waals surface area (Å²) in [7, 11) is 1.77. The highest BCUT2D eigenvalue weighted by atomic mass is 16.6. The summed E-state index contributed by atoms with van der Waals surface area (Å²) >= 11 is 0. The molecule has 1 saturated heterocycles. The Bertz CT molecular complexity index is 679. The summed E-state index contributed by atoms with van der Waals surface area (Å²) in [6, 6.07) is 0.437. The van der Waals surface area contributed by atoms with Gasteiger partial charge >= 0.3 is 6.09 Å². The molecule has 4 rings (SSSR count). The number of carbonyl (C=O) groups excluding carboxylic acids is 1. The fraction of sp³-hybridized carbons (Fsp3) is 0.880. The molecule has 4 aliphatic rings. The van der Waals surface area contributed by atoms with Crippen molar-refractivity contribution in [1.82, 2.24) is 5.32 Å². The number of methoxy groups -OCH3 is 1. The van der Waals surface area contributed by atoms with Crippen LogP contribution in [0.2, 0.25) is 0 Å². The SMILES string of the molecule is COC1C(OC(=O)N[C@H]2CC[C@H](N)CC2)CC[C@]2(CO2)C1[C@@]1(C)CC[C@@H]1CC=C(C)C. The second-order valence-corrected chi connectivity index (χ2v) is 11.0. The van der Waals surface area contributed by atoms with Crippen LogP contribution in [0.15, 0.2) is 11.6 Å².